The molecule has 0 aliphatic carbocycles. The maximum atomic E-state index is 13.6. The first-order valence-corrected chi connectivity index (χ1v) is 11.4. The zero-order chi connectivity index (χ0) is 19.8. The van der Waals surface area contributed by atoms with Gasteiger partial charge in [-0.15, -0.1) is 0 Å². The number of benzene rings is 2. The van der Waals surface area contributed by atoms with Crippen LogP contribution in [0.25, 0.3) is 0 Å². The summed E-state index contributed by atoms with van der Waals surface area (Å²) in [6.45, 7) is 8.92. The number of nitrogens with zero attached hydrogens (tertiary/aromatic N) is 1. The molecule has 1 aliphatic rings. The molecule has 0 N–H and O–H groups in total. The standard InChI is InChI=1S/C22H28ClNO2S/c1-15-13-16(2)18(4)22(17(15)3)27(25,26)24-12-6-5-7-20(14-24)19-8-10-21(23)11-9-19/h8-11,13,20H,5-7,12,14H2,1-4H3. The van der Waals surface area contributed by atoms with Gasteiger partial charge in [-0.2, -0.15) is 4.31 Å². The van der Waals surface area contributed by atoms with Crippen molar-refractivity contribution in [2.24, 2.45) is 0 Å². The maximum absolute atomic E-state index is 13.6. The summed E-state index contributed by atoms with van der Waals surface area (Å²) >= 11 is 6.02. The zero-order valence-corrected chi connectivity index (χ0v) is 18.1. The first-order valence-electron chi connectivity index (χ1n) is 9.55. The second kappa shape index (κ2) is 7.94. The first-order chi connectivity index (χ1) is 12.7. The van der Waals surface area contributed by atoms with E-state index in [1.54, 1.807) is 4.31 Å². The summed E-state index contributed by atoms with van der Waals surface area (Å²) in [5.74, 6) is 0.200. The summed E-state index contributed by atoms with van der Waals surface area (Å²) in [5, 5.41) is 0.707. The Morgan fingerprint density at radius 3 is 2.15 bits per heavy atom. The molecule has 0 radical (unpaired) electrons. The average molecular weight is 406 g/mol. The van der Waals surface area contributed by atoms with E-state index in [9.17, 15) is 8.42 Å². The monoisotopic (exact) mass is 405 g/mol. The van der Waals surface area contributed by atoms with E-state index < -0.39 is 10.0 Å². The fourth-order valence-corrected chi connectivity index (χ4v) is 6.25. The highest BCUT2D eigenvalue weighted by Gasteiger charge is 2.32. The number of hydrogen-bond acceptors (Lipinski definition) is 2. The molecule has 1 heterocycles. The lowest BCUT2D eigenvalue weighted by atomic mass is 9.95. The Bertz CT molecular complexity index is 910. The molecule has 3 nitrogen and oxygen atoms in total. The van der Waals surface area contributed by atoms with Crippen molar-refractivity contribution in [1.82, 2.24) is 4.31 Å². The van der Waals surface area contributed by atoms with E-state index in [-0.39, 0.29) is 5.92 Å². The van der Waals surface area contributed by atoms with E-state index in [4.69, 9.17) is 11.6 Å². The predicted octanol–water partition coefficient (Wildman–Crippen LogP) is 5.53. The number of hydrogen-bond donors (Lipinski definition) is 0. The molecule has 0 bridgehead atoms. The van der Waals surface area contributed by atoms with Crippen LogP contribution in [0.2, 0.25) is 5.02 Å². The molecule has 2 aromatic carbocycles. The van der Waals surface area contributed by atoms with Crippen molar-refractivity contribution in [3.63, 3.8) is 0 Å². The van der Waals surface area contributed by atoms with Gasteiger partial charge in [0.1, 0.15) is 0 Å². The van der Waals surface area contributed by atoms with Crippen LogP contribution < -0.4 is 0 Å². The summed E-state index contributed by atoms with van der Waals surface area (Å²) in [5.41, 5.74) is 4.95. The van der Waals surface area contributed by atoms with Crippen molar-refractivity contribution in [2.45, 2.75) is 57.8 Å². The molecule has 5 heteroatoms. The second-order valence-corrected chi connectivity index (χ2v) is 10.0. The molecule has 0 saturated carbocycles. The van der Waals surface area contributed by atoms with Gasteiger partial charge in [-0.1, -0.05) is 36.2 Å². The van der Waals surface area contributed by atoms with Gasteiger partial charge in [0.25, 0.3) is 0 Å². The Kier molecular flexibility index (Phi) is 5.99. The third-order valence-electron chi connectivity index (χ3n) is 5.87. The van der Waals surface area contributed by atoms with Gasteiger partial charge >= 0.3 is 0 Å². The number of halogens is 1. The van der Waals surface area contributed by atoms with Gasteiger partial charge in [0.05, 0.1) is 4.90 Å². The quantitative estimate of drug-likeness (QED) is 0.672. The molecule has 2 aromatic rings. The molecule has 0 spiro atoms. The summed E-state index contributed by atoms with van der Waals surface area (Å²) in [6, 6.07) is 9.90. The van der Waals surface area contributed by atoms with Crippen LogP contribution in [0.4, 0.5) is 0 Å². The third kappa shape index (κ3) is 4.08. The molecule has 1 saturated heterocycles. The Hall–Kier alpha value is -1.36. The topological polar surface area (TPSA) is 37.4 Å². The predicted molar refractivity (Wildman–Crippen MR) is 112 cm³/mol. The molecule has 3 rings (SSSR count). The fourth-order valence-electron chi connectivity index (χ4n) is 4.03. The zero-order valence-electron chi connectivity index (χ0n) is 16.5. The first kappa shape index (κ1) is 20.4. The molecule has 1 aliphatic heterocycles. The van der Waals surface area contributed by atoms with Crippen molar-refractivity contribution in [3.8, 4) is 0 Å². The molecule has 1 atom stereocenters. The summed E-state index contributed by atoms with van der Waals surface area (Å²) in [7, 11) is -3.53. The van der Waals surface area contributed by atoms with Crippen LogP contribution in [-0.2, 0) is 10.0 Å². The van der Waals surface area contributed by atoms with Crippen molar-refractivity contribution < 1.29 is 8.42 Å². The lowest BCUT2D eigenvalue weighted by Gasteiger charge is -2.27. The van der Waals surface area contributed by atoms with E-state index >= 15 is 0 Å². The largest absolute Gasteiger partial charge is 0.243 e. The minimum absolute atomic E-state index is 0.200. The minimum atomic E-state index is -3.53. The van der Waals surface area contributed by atoms with E-state index in [1.165, 1.54) is 0 Å². The van der Waals surface area contributed by atoms with Gasteiger partial charge in [0.2, 0.25) is 10.0 Å². The van der Waals surface area contributed by atoms with Crippen LogP contribution in [0.1, 0.15) is 53.0 Å². The Morgan fingerprint density at radius 2 is 1.56 bits per heavy atom. The third-order valence-corrected chi connectivity index (χ3v) is 8.26. The molecule has 27 heavy (non-hydrogen) atoms. The maximum Gasteiger partial charge on any atom is 0.243 e. The van der Waals surface area contributed by atoms with Gasteiger partial charge < -0.3 is 0 Å². The van der Waals surface area contributed by atoms with Crippen LogP contribution in [0.3, 0.4) is 0 Å². The minimum Gasteiger partial charge on any atom is -0.207 e. The van der Waals surface area contributed by atoms with E-state index in [0.29, 0.717) is 23.0 Å². The molecule has 1 fully saturated rings. The Balaban J connectivity index is 2.00. The van der Waals surface area contributed by atoms with E-state index in [1.807, 2.05) is 52.0 Å². The highest BCUT2D eigenvalue weighted by atomic mass is 35.5. The highest BCUT2D eigenvalue weighted by Crippen LogP contribution is 2.33. The van der Waals surface area contributed by atoms with Gasteiger partial charge in [-0.3, -0.25) is 0 Å². The number of sulfonamides is 1. The molecular formula is C22H28ClNO2S. The summed E-state index contributed by atoms with van der Waals surface area (Å²) in [4.78, 5) is 0.497. The van der Waals surface area contributed by atoms with Crippen LogP contribution in [0.15, 0.2) is 35.2 Å². The van der Waals surface area contributed by atoms with Gasteiger partial charge in [0.15, 0.2) is 0 Å². The van der Waals surface area contributed by atoms with E-state index in [0.717, 1.165) is 47.1 Å². The van der Waals surface area contributed by atoms with Crippen LogP contribution in [0, 0.1) is 27.7 Å². The summed E-state index contributed by atoms with van der Waals surface area (Å²) < 4.78 is 28.9. The van der Waals surface area contributed by atoms with Crippen molar-refractivity contribution in [1.29, 1.82) is 0 Å². The molecule has 0 amide bonds. The molecular weight excluding hydrogens is 378 g/mol. The van der Waals surface area contributed by atoms with Crippen LogP contribution in [0.5, 0.6) is 0 Å². The van der Waals surface area contributed by atoms with Crippen molar-refractivity contribution >= 4 is 21.6 Å². The smallest absolute Gasteiger partial charge is 0.207 e. The van der Waals surface area contributed by atoms with Crippen molar-refractivity contribution in [3.05, 3.63) is 63.2 Å². The van der Waals surface area contributed by atoms with Crippen LogP contribution >= 0.6 is 11.6 Å². The second-order valence-electron chi connectivity index (χ2n) is 7.70. The Labute approximate surface area is 168 Å². The van der Waals surface area contributed by atoms with Gasteiger partial charge in [-0.25, -0.2) is 8.42 Å². The fraction of sp³-hybridized carbons (Fsp3) is 0.455. The Morgan fingerprint density at radius 1 is 0.963 bits per heavy atom. The average Bonchev–Trinajstić information content (AvgIpc) is 2.87. The molecule has 1 unspecified atom stereocenters. The molecule has 146 valence electrons. The number of rotatable bonds is 3. The normalized spacial score (nSPS) is 19.1. The van der Waals surface area contributed by atoms with Gasteiger partial charge in [-0.05, 0) is 86.4 Å². The lowest BCUT2D eigenvalue weighted by molar-refractivity contribution is 0.405. The van der Waals surface area contributed by atoms with Gasteiger partial charge in [0, 0.05) is 18.1 Å². The highest BCUT2D eigenvalue weighted by molar-refractivity contribution is 7.89. The van der Waals surface area contributed by atoms with Crippen molar-refractivity contribution in [2.75, 3.05) is 13.1 Å². The van der Waals surface area contributed by atoms with Crippen LogP contribution in [-0.4, -0.2) is 25.8 Å². The molecule has 0 aromatic heterocycles. The van der Waals surface area contributed by atoms with E-state index in [2.05, 4.69) is 6.07 Å². The lowest BCUT2D eigenvalue weighted by Crippen LogP contribution is -2.35. The SMILES string of the molecule is Cc1cc(C)c(C)c(S(=O)(=O)N2CCCCC(c3ccc(Cl)cc3)C2)c1C. The summed E-state index contributed by atoms with van der Waals surface area (Å²) in [6.07, 6.45) is 2.93. The number of aryl methyl sites for hydroxylation is 2.